The largest absolute Gasteiger partial charge is 0.465 e. The predicted octanol–water partition coefficient (Wildman–Crippen LogP) is 1.04. The van der Waals surface area contributed by atoms with Gasteiger partial charge >= 0.3 is 5.97 Å². The standard InChI is InChI=1S/C13H14N4O3/c1-17-7-10(14)11(16-17)12(18)15-9-5-3-8(4-6-9)13(19)20-2/h3-7H,14H2,1-2H3,(H,15,18). The molecule has 1 amide bonds. The highest BCUT2D eigenvalue weighted by molar-refractivity contribution is 6.06. The normalized spacial score (nSPS) is 10.1. The van der Waals surface area contributed by atoms with Gasteiger partial charge in [0.25, 0.3) is 5.91 Å². The van der Waals surface area contributed by atoms with Gasteiger partial charge in [-0.2, -0.15) is 5.10 Å². The summed E-state index contributed by atoms with van der Waals surface area (Å²) in [5.74, 6) is -0.842. The van der Waals surface area contributed by atoms with Gasteiger partial charge in [-0.1, -0.05) is 0 Å². The van der Waals surface area contributed by atoms with Crippen LogP contribution in [0.4, 0.5) is 11.4 Å². The molecular formula is C13H14N4O3. The minimum atomic E-state index is -0.433. The number of methoxy groups -OCH3 is 1. The number of nitrogens with zero attached hydrogens (tertiary/aromatic N) is 2. The Bertz CT molecular complexity index is 646. The van der Waals surface area contributed by atoms with E-state index in [0.717, 1.165) is 0 Å². The van der Waals surface area contributed by atoms with E-state index < -0.39 is 11.9 Å². The van der Waals surface area contributed by atoms with Crippen LogP contribution >= 0.6 is 0 Å². The highest BCUT2D eigenvalue weighted by Crippen LogP contribution is 2.14. The summed E-state index contributed by atoms with van der Waals surface area (Å²) in [5, 5.41) is 6.62. The summed E-state index contributed by atoms with van der Waals surface area (Å²) in [6, 6.07) is 6.32. The topological polar surface area (TPSA) is 99.2 Å². The number of nitrogens with one attached hydrogen (secondary N) is 1. The second kappa shape index (κ2) is 5.43. The third-order valence-electron chi connectivity index (χ3n) is 2.64. The molecule has 0 aliphatic carbocycles. The summed E-state index contributed by atoms with van der Waals surface area (Å²) >= 11 is 0. The molecule has 0 atom stereocenters. The first-order valence-electron chi connectivity index (χ1n) is 5.80. The Morgan fingerprint density at radius 2 is 1.95 bits per heavy atom. The van der Waals surface area contributed by atoms with Gasteiger partial charge in [-0.05, 0) is 24.3 Å². The number of carbonyl (C=O) groups is 2. The average Bonchev–Trinajstić information content (AvgIpc) is 2.78. The van der Waals surface area contributed by atoms with Gasteiger partial charge in [0.15, 0.2) is 5.69 Å². The average molecular weight is 274 g/mol. The van der Waals surface area contributed by atoms with Gasteiger partial charge in [-0.15, -0.1) is 0 Å². The lowest BCUT2D eigenvalue weighted by Gasteiger charge is -2.05. The molecule has 0 saturated heterocycles. The molecule has 0 spiro atoms. The number of aryl methyl sites for hydroxylation is 1. The van der Waals surface area contributed by atoms with E-state index in [1.54, 1.807) is 37.5 Å². The van der Waals surface area contributed by atoms with Gasteiger partial charge in [0, 0.05) is 18.9 Å². The van der Waals surface area contributed by atoms with E-state index in [2.05, 4.69) is 15.2 Å². The van der Waals surface area contributed by atoms with Gasteiger partial charge < -0.3 is 15.8 Å². The Balaban J connectivity index is 2.12. The number of benzene rings is 1. The van der Waals surface area contributed by atoms with Gasteiger partial charge in [0.2, 0.25) is 0 Å². The predicted molar refractivity (Wildman–Crippen MR) is 73.4 cm³/mol. The van der Waals surface area contributed by atoms with E-state index in [9.17, 15) is 9.59 Å². The van der Waals surface area contributed by atoms with Crippen molar-refractivity contribution in [2.24, 2.45) is 7.05 Å². The number of hydrogen-bond donors (Lipinski definition) is 2. The quantitative estimate of drug-likeness (QED) is 0.815. The molecule has 0 saturated carbocycles. The lowest BCUT2D eigenvalue weighted by atomic mass is 10.2. The zero-order chi connectivity index (χ0) is 14.7. The van der Waals surface area contributed by atoms with Crippen LogP contribution in [0.1, 0.15) is 20.8 Å². The number of aromatic nitrogens is 2. The molecule has 1 aromatic heterocycles. The Kier molecular flexibility index (Phi) is 3.69. The van der Waals surface area contributed by atoms with Crippen LogP contribution in [-0.2, 0) is 11.8 Å². The smallest absolute Gasteiger partial charge is 0.337 e. The summed E-state index contributed by atoms with van der Waals surface area (Å²) < 4.78 is 6.05. The summed E-state index contributed by atoms with van der Waals surface area (Å²) in [7, 11) is 2.99. The van der Waals surface area contributed by atoms with Crippen molar-refractivity contribution in [2.75, 3.05) is 18.2 Å². The molecule has 0 bridgehead atoms. The lowest BCUT2D eigenvalue weighted by molar-refractivity contribution is 0.0600. The van der Waals surface area contributed by atoms with Crippen LogP contribution in [0.25, 0.3) is 0 Å². The first-order valence-corrected chi connectivity index (χ1v) is 5.80. The fourth-order valence-electron chi connectivity index (χ4n) is 1.68. The van der Waals surface area contributed by atoms with Crippen LogP contribution in [0.3, 0.4) is 0 Å². The number of ether oxygens (including phenoxy) is 1. The molecule has 0 aliphatic heterocycles. The Morgan fingerprint density at radius 1 is 1.30 bits per heavy atom. The lowest BCUT2D eigenvalue weighted by Crippen LogP contribution is -2.14. The van der Waals surface area contributed by atoms with E-state index in [1.165, 1.54) is 11.8 Å². The third kappa shape index (κ3) is 2.77. The zero-order valence-electron chi connectivity index (χ0n) is 11.1. The molecule has 0 radical (unpaired) electrons. The van der Waals surface area contributed by atoms with Gasteiger partial charge in [0.05, 0.1) is 18.4 Å². The number of nitrogens with two attached hydrogens (primary N) is 1. The first kappa shape index (κ1) is 13.6. The molecule has 0 aliphatic rings. The molecule has 2 aromatic rings. The number of carbonyl (C=O) groups excluding carboxylic acids is 2. The molecule has 104 valence electrons. The van der Waals surface area contributed by atoms with Crippen molar-refractivity contribution < 1.29 is 14.3 Å². The minimum Gasteiger partial charge on any atom is -0.465 e. The van der Waals surface area contributed by atoms with Crippen molar-refractivity contribution in [1.82, 2.24) is 9.78 Å². The van der Waals surface area contributed by atoms with Crippen LogP contribution < -0.4 is 11.1 Å². The van der Waals surface area contributed by atoms with Crippen molar-refractivity contribution in [3.8, 4) is 0 Å². The molecule has 7 nitrogen and oxygen atoms in total. The Labute approximate surface area is 115 Å². The highest BCUT2D eigenvalue weighted by Gasteiger charge is 2.14. The van der Waals surface area contributed by atoms with E-state index >= 15 is 0 Å². The zero-order valence-corrected chi connectivity index (χ0v) is 11.1. The van der Waals surface area contributed by atoms with E-state index in [-0.39, 0.29) is 5.69 Å². The number of nitrogen functional groups attached to an aromatic ring is 1. The number of hydrogen-bond acceptors (Lipinski definition) is 5. The van der Waals surface area contributed by atoms with E-state index in [4.69, 9.17) is 5.73 Å². The van der Waals surface area contributed by atoms with Crippen LogP contribution in [0, 0.1) is 0 Å². The Hall–Kier alpha value is -2.83. The van der Waals surface area contributed by atoms with Crippen LogP contribution in [-0.4, -0.2) is 28.8 Å². The second-order valence-electron chi connectivity index (χ2n) is 4.13. The fraction of sp³-hybridized carbons (Fsp3) is 0.154. The number of anilines is 2. The van der Waals surface area contributed by atoms with Crippen molar-refractivity contribution in [1.29, 1.82) is 0 Å². The van der Waals surface area contributed by atoms with Gasteiger partial charge in [-0.3, -0.25) is 9.48 Å². The summed E-state index contributed by atoms with van der Waals surface area (Å²) in [6.45, 7) is 0. The highest BCUT2D eigenvalue weighted by atomic mass is 16.5. The third-order valence-corrected chi connectivity index (χ3v) is 2.64. The van der Waals surface area contributed by atoms with Gasteiger partial charge in [0.1, 0.15) is 0 Å². The molecule has 0 fully saturated rings. The Morgan fingerprint density at radius 3 is 2.45 bits per heavy atom. The first-order chi connectivity index (χ1) is 9.51. The number of amides is 1. The second-order valence-corrected chi connectivity index (χ2v) is 4.13. The number of esters is 1. The van der Waals surface area contributed by atoms with Crippen LogP contribution in [0.2, 0.25) is 0 Å². The number of rotatable bonds is 3. The monoisotopic (exact) mass is 274 g/mol. The van der Waals surface area contributed by atoms with Crippen molar-refractivity contribution >= 4 is 23.3 Å². The minimum absolute atomic E-state index is 0.157. The van der Waals surface area contributed by atoms with Crippen LogP contribution in [0.15, 0.2) is 30.5 Å². The molecule has 7 heteroatoms. The molecule has 1 heterocycles. The molecule has 1 aromatic carbocycles. The summed E-state index contributed by atoms with van der Waals surface area (Å²) in [5.41, 5.74) is 7.07. The summed E-state index contributed by atoms with van der Waals surface area (Å²) in [4.78, 5) is 23.2. The summed E-state index contributed by atoms with van der Waals surface area (Å²) in [6.07, 6.45) is 1.55. The SMILES string of the molecule is COC(=O)c1ccc(NC(=O)c2nn(C)cc2N)cc1. The molecule has 0 unspecified atom stereocenters. The maximum Gasteiger partial charge on any atom is 0.337 e. The molecule has 2 rings (SSSR count). The van der Waals surface area contributed by atoms with Crippen molar-refractivity contribution in [3.63, 3.8) is 0 Å². The van der Waals surface area contributed by atoms with E-state index in [0.29, 0.717) is 16.9 Å². The molecule has 3 N–H and O–H groups in total. The van der Waals surface area contributed by atoms with Gasteiger partial charge in [-0.25, -0.2) is 4.79 Å². The molecular weight excluding hydrogens is 260 g/mol. The maximum atomic E-state index is 12.0. The van der Waals surface area contributed by atoms with E-state index in [1.807, 2.05) is 0 Å². The van der Waals surface area contributed by atoms with Crippen molar-refractivity contribution in [3.05, 3.63) is 41.7 Å². The van der Waals surface area contributed by atoms with Crippen LogP contribution in [0.5, 0.6) is 0 Å². The van der Waals surface area contributed by atoms with Crippen molar-refractivity contribution in [2.45, 2.75) is 0 Å². The fourth-order valence-corrected chi connectivity index (χ4v) is 1.68. The maximum absolute atomic E-state index is 12.0. The molecule has 20 heavy (non-hydrogen) atoms.